The minimum absolute atomic E-state index is 0.0376. The number of aryl methyl sites for hydroxylation is 1. The summed E-state index contributed by atoms with van der Waals surface area (Å²) < 4.78 is 0. The number of nitrogens with zero attached hydrogens (tertiary/aromatic N) is 1. The maximum Gasteiger partial charge on any atom is 0.135 e. The van der Waals surface area contributed by atoms with Crippen molar-refractivity contribution in [1.82, 2.24) is 0 Å². The molecular formula is C15H13Cl2NO2. The lowest BCUT2D eigenvalue weighted by atomic mass is 9.95. The molecule has 2 N–H and O–H groups in total. The van der Waals surface area contributed by atoms with E-state index in [1.54, 1.807) is 6.07 Å². The van der Waals surface area contributed by atoms with E-state index in [1.165, 1.54) is 6.07 Å². The van der Waals surface area contributed by atoms with E-state index in [0.29, 0.717) is 11.3 Å². The Morgan fingerprint density at radius 1 is 1.00 bits per heavy atom. The highest BCUT2D eigenvalue weighted by Gasteiger charge is 2.18. The number of benzene rings is 2. The van der Waals surface area contributed by atoms with Gasteiger partial charge in [0.1, 0.15) is 16.5 Å². The smallest absolute Gasteiger partial charge is 0.135 e. The monoisotopic (exact) mass is 309 g/mol. The first-order chi connectivity index (χ1) is 9.47. The molecule has 20 heavy (non-hydrogen) atoms. The van der Waals surface area contributed by atoms with E-state index >= 15 is 0 Å². The van der Waals surface area contributed by atoms with Crippen molar-refractivity contribution in [3.05, 3.63) is 62.6 Å². The van der Waals surface area contributed by atoms with Gasteiger partial charge in [0.25, 0.3) is 0 Å². The Morgan fingerprint density at radius 3 is 2.35 bits per heavy atom. The largest absolute Gasteiger partial charge is 0.506 e. The van der Waals surface area contributed by atoms with Gasteiger partial charge >= 0.3 is 0 Å². The molecule has 2 rings (SSSR count). The average Bonchev–Trinajstić information content (AvgIpc) is 2.44. The number of aromatic hydroxyl groups is 1. The highest BCUT2D eigenvalue weighted by atomic mass is 35.5. The molecule has 104 valence electrons. The highest BCUT2D eigenvalue weighted by molar-refractivity contribution is 6.45. The van der Waals surface area contributed by atoms with E-state index in [9.17, 15) is 10.3 Å². The molecule has 0 fully saturated rings. The van der Waals surface area contributed by atoms with Crippen molar-refractivity contribution >= 4 is 28.9 Å². The molecule has 0 atom stereocenters. The fraction of sp³-hybridized carbons (Fsp3) is 0.133. The fourth-order valence-corrected chi connectivity index (χ4v) is 2.40. The maximum absolute atomic E-state index is 9.53. The maximum atomic E-state index is 9.53. The molecule has 0 aromatic heterocycles. The van der Waals surface area contributed by atoms with Crippen LogP contribution in [0.1, 0.15) is 22.3 Å². The standard InChI is InChI=1S/C15H13Cl2NO2/c1-8-4-3-5-10(9(8)2)15(18-20)11-6-7-12(19)14(17)13(11)16/h3-7,19-20H,1-2H3. The van der Waals surface area contributed by atoms with E-state index in [1.807, 2.05) is 32.0 Å². The Hall–Kier alpha value is -1.71. The summed E-state index contributed by atoms with van der Waals surface area (Å²) in [7, 11) is 0. The number of hydrogen-bond donors (Lipinski definition) is 2. The first kappa shape index (κ1) is 14.7. The lowest BCUT2D eigenvalue weighted by Gasteiger charge is -2.12. The summed E-state index contributed by atoms with van der Waals surface area (Å²) in [4.78, 5) is 0. The van der Waals surface area contributed by atoms with E-state index in [2.05, 4.69) is 5.16 Å². The Balaban J connectivity index is 2.66. The number of rotatable bonds is 2. The van der Waals surface area contributed by atoms with Crippen molar-refractivity contribution in [3.8, 4) is 5.75 Å². The molecule has 0 saturated carbocycles. The lowest BCUT2D eigenvalue weighted by Crippen LogP contribution is -2.07. The molecule has 0 aliphatic carbocycles. The van der Waals surface area contributed by atoms with Gasteiger partial charge in [-0.25, -0.2) is 0 Å². The molecule has 2 aromatic carbocycles. The zero-order valence-corrected chi connectivity index (χ0v) is 12.5. The van der Waals surface area contributed by atoms with Gasteiger partial charge in [0.2, 0.25) is 0 Å². The molecule has 0 saturated heterocycles. The summed E-state index contributed by atoms with van der Waals surface area (Å²) in [6.45, 7) is 3.91. The third-order valence-electron chi connectivity index (χ3n) is 3.28. The van der Waals surface area contributed by atoms with Gasteiger partial charge in [0.05, 0.1) is 5.02 Å². The SMILES string of the molecule is Cc1cccc(C(=NO)c2ccc(O)c(Cl)c2Cl)c1C. The van der Waals surface area contributed by atoms with Crippen LogP contribution in [0.25, 0.3) is 0 Å². The lowest BCUT2D eigenvalue weighted by molar-refractivity contribution is 0.319. The van der Waals surface area contributed by atoms with Crippen molar-refractivity contribution in [2.45, 2.75) is 13.8 Å². The van der Waals surface area contributed by atoms with Crippen molar-refractivity contribution in [1.29, 1.82) is 0 Å². The summed E-state index contributed by atoms with van der Waals surface area (Å²) in [6.07, 6.45) is 0. The van der Waals surface area contributed by atoms with Crippen LogP contribution in [0.4, 0.5) is 0 Å². The van der Waals surface area contributed by atoms with Crippen LogP contribution in [-0.4, -0.2) is 16.0 Å². The quantitative estimate of drug-likeness (QED) is 0.486. The third kappa shape index (κ3) is 2.47. The average molecular weight is 310 g/mol. The second-order valence-electron chi connectivity index (χ2n) is 4.46. The highest BCUT2D eigenvalue weighted by Crippen LogP contribution is 2.35. The molecule has 0 aliphatic rings. The molecule has 0 unspecified atom stereocenters. The zero-order valence-electron chi connectivity index (χ0n) is 11.0. The molecular weight excluding hydrogens is 297 g/mol. The summed E-state index contributed by atoms with van der Waals surface area (Å²) in [6, 6.07) is 8.67. The molecule has 5 heteroatoms. The number of oxime groups is 1. The Morgan fingerprint density at radius 2 is 1.70 bits per heavy atom. The molecule has 0 bridgehead atoms. The molecule has 0 radical (unpaired) electrons. The van der Waals surface area contributed by atoms with Crippen molar-refractivity contribution in [2.75, 3.05) is 0 Å². The van der Waals surface area contributed by atoms with Gasteiger partial charge in [-0.2, -0.15) is 0 Å². The molecule has 0 amide bonds. The molecule has 0 heterocycles. The van der Waals surface area contributed by atoms with Crippen LogP contribution >= 0.6 is 23.2 Å². The minimum atomic E-state index is -0.112. The minimum Gasteiger partial charge on any atom is -0.506 e. The molecule has 0 aliphatic heterocycles. The van der Waals surface area contributed by atoms with Crippen LogP contribution in [0.2, 0.25) is 10.0 Å². The van der Waals surface area contributed by atoms with Crippen LogP contribution in [0.5, 0.6) is 5.75 Å². The van der Waals surface area contributed by atoms with Crippen LogP contribution in [0.15, 0.2) is 35.5 Å². The van der Waals surface area contributed by atoms with Gasteiger partial charge in [-0.1, -0.05) is 46.6 Å². The fourth-order valence-electron chi connectivity index (χ4n) is 1.98. The van der Waals surface area contributed by atoms with Gasteiger partial charge in [0.15, 0.2) is 0 Å². The number of halogens is 2. The van der Waals surface area contributed by atoms with Crippen LogP contribution in [-0.2, 0) is 0 Å². The van der Waals surface area contributed by atoms with Crippen molar-refractivity contribution in [3.63, 3.8) is 0 Å². The Labute approximate surface area is 127 Å². The number of hydrogen-bond acceptors (Lipinski definition) is 3. The number of phenols is 1. The third-order valence-corrected chi connectivity index (χ3v) is 4.15. The second-order valence-corrected chi connectivity index (χ2v) is 5.21. The van der Waals surface area contributed by atoms with Crippen LogP contribution in [0, 0.1) is 13.8 Å². The van der Waals surface area contributed by atoms with E-state index in [-0.39, 0.29) is 15.8 Å². The van der Waals surface area contributed by atoms with Crippen LogP contribution < -0.4 is 0 Å². The molecule has 2 aromatic rings. The number of phenolic OH excluding ortho intramolecular Hbond substituents is 1. The predicted molar refractivity (Wildman–Crippen MR) is 81.5 cm³/mol. The Bertz CT molecular complexity index is 697. The first-order valence-corrected chi connectivity index (χ1v) is 6.69. The van der Waals surface area contributed by atoms with E-state index in [4.69, 9.17) is 23.2 Å². The van der Waals surface area contributed by atoms with Crippen molar-refractivity contribution in [2.24, 2.45) is 5.16 Å². The van der Waals surface area contributed by atoms with E-state index < -0.39 is 0 Å². The van der Waals surface area contributed by atoms with Gasteiger partial charge in [-0.15, -0.1) is 0 Å². The Kier molecular flexibility index (Phi) is 4.21. The second kappa shape index (κ2) is 5.73. The van der Waals surface area contributed by atoms with Gasteiger partial charge in [0, 0.05) is 11.1 Å². The topological polar surface area (TPSA) is 52.8 Å². The van der Waals surface area contributed by atoms with Gasteiger partial charge in [-0.3, -0.25) is 0 Å². The summed E-state index contributed by atoms with van der Waals surface area (Å²) >= 11 is 12.1. The normalized spacial score (nSPS) is 11.7. The zero-order chi connectivity index (χ0) is 14.9. The van der Waals surface area contributed by atoms with Gasteiger partial charge < -0.3 is 10.3 Å². The van der Waals surface area contributed by atoms with Gasteiger partial charge in [-0.05, 0) is 37.1 Å². The predicted octanol–water partition coefficient (Wildman–Crippen LogP) is 4.54. The summed E-state index contributed by atoms with van der Waals surface area (Å²) in [5.74, 6) is -0.112. The van der Waals surface area contributed by atoms with Crippen LogP contribution in [0.3, 0.4) is 0 Å². The first-order valence-electron chi connectivity index (χ1n) is 5.93. The van der Waals surface area contributed by atoms with Crippen molar-refractivity contribution < 1.29 is 10.3 Å². The molecule has 0 spiro atoms. The summed E-state index contributed by atoms with van der Waals surface area (Å²) in [5, 5.41) is 22.4. The van der Waals surface area contributed by atoms with E-state index in [0.717, 1.165) is 16.7 Å². The molecule has 3 nitrogen and oxygen atoms in total. The summed E-state index contributed by atoms with van der Waals surface area (Å²) in [5.41, 5.74) is 3.60.